The number of piperidine rings is 1. The second kappa shape index (κ2) is 8.18. The minimum Gasteiger partial charge on any atom is -0.316 e. The first-order valence-corrected chi connectivity index (χ1v) is 9.33. The van der Waals surface area contributed by atoms with Crippen molar-refractivity contribution in [3.05, 3.63) is 46.5 Å². The quantitative estimate of drug-likeness (QED) is 0.818. The molecule has 4 nitrogen and oxygen atoms in total. The maximum Gasteiger partial charge on any atom is 0.416 e. The second-order valence-electron chi connectivity index (χ2n) is 6.47. The largest absolute Gasteiger partial charge is 0.416 e. The van der Waals surface area contributed by atoms with Crippen molar-refractivity contribution >= 4 is 22.4 Å². The van der Waals surface area contributed by atoms with Gasteiger partial charge in [-0.25, -0.2) is 4.98 Å². The van der Waals surface area contributed by atoms with Gasteiger partial charge in [0.15, 0.2) is 5.13 Å². The Hall–Kier alpha value is -1.93. The summed E-state index contributed by atoms with van der Waals surface area (Å²) in [6.45, 7) is 1.88. The number of rotatable bonds is 5. The maximum atomic E-state index is 12.6. The van der Waals surface area contributed by atoms with E-state index in [1.54, 1.807) is 6.20 Å². The first kappa shape index (κ1) is 18.8. The fourth-order valence-corrected chi connectivity index (χ4v) is 3.85. The van der Waals surface area contributed by atoms with E-state index in [1.807, 2.05) is 0 Å². The van der Waals surface area contributed by atoms with Gasteiger partial charge < -0.3 is 10.6 Å². The molecule has 1 aromatic carbocycles. The number of nitrogens with one attached hydrogen (secondary N) is 2. The van der Waals surface area contributed by atoms with Gasteiger partial charge in [-0.1, -0.05) is 12.1 Å². The van der Waals surface area contributed by atoms with Crippen molar-refractivity contribution in [1.82, 2.24) is 10.3 Å². The second-order valence-corrected chi connectivity index (χ2v) is 7.58. The molecule has 1 atom stereocenters. The molecule has 0 radical (unpaired) electrons. The summed E-state index contributed by atoms with van der Waals surface area (Å²) in [4.78, 5) is 17.2. The molecule has 1 saturated heterocycles. The zero-order chi connectivity index (χ0) is 18.6. The molecule has 0 aliphatic carbocycles. The van der Waals surface area contributed by atoms with Crippen molar-refractivity contribution < 1.29 is 18.0 Å². The molecule has 140 valence electrons. The molecule has 0 bridgehead atoms. The number of carbonyl (C=O) groups excluding carboxylic acids is 1. The molecule has 0 saturated carbocycles. The van der Waals surface area contributed by atoms with Gasteiger partial charge >= 0.3 is 6.18 Å². The summed E-state index contributed by atoms with van der Waals surface area (Å²) in [5, 5.41) is 6.63. The monoisotopic (exact) mass is 383 g/mol. The van der Waals surface area contributed by atoms with Gasteiger partial charge in [0.2, 0.25) is 5.91 Å². The van der Waals surface area contributed by atoms with Gasteiger partial charge in [0.1, 0.15) is 0 Å². The molecule has 1 aliphatic heterocycles. The molecule has 2 aromatic rings. The molecule has 1 amide bonds. The Morgan fingerprint density at radius 1 is 1.31 bits per heavy atom. The molecule has 2 N–H and O–H groups in total. The third-order valence-electron chi connectivity index (χ3n) is 4.33. The fourth-order valence-electron chi connectivity index (χ4n) is 2.99. The van der Waals surface area contributed by atoms with Crippen LogP contribution in [0.3, 0.4) is 0 Å². The molecule has 2 heterocycles. The van der Waals surface area contributed by atoms with Crippen LogP contribution in [0.5, 0.6) is 0 Å². The average Bonchev–Trinajstić information content (AvgIpc) is 3.02. The van der Waals surface area contributed by atoms with Gasteiger partial charge in [-0.15, -0.1) is 11.3 Å². The minimum absolute atomic E-state index is 0.0471. The molecule has 0 unspecified atom stereocenters. The molecule has 8 heteroatoms. The molecular weight excluding hydrogens is 363 g/mol. The first-order chi connectivity index (χ1) is 12.4. The Balaban J connectivity index is 1.53. The first-order valence-electron chi connectivity index (χ1n) is 8.51. The highest BCUT2D eigenvalue weighted by Crippen LogP contribution is 2.30. The van der Waals surface area contributed by atoms with Crippen LogP contribution in [0, 0.1) is 5.92 Å². The number of benzene rings is 1. The Morgan fingerprint density at radius 3 is 2.73 bits per heavy atom. The van der Waals surface area contributed by atoms with Gasteiger partial charge in [-0.3, -0.25) is 4.79 Å². The fraction of sp³-hybridized carbons (Fsp3) is 0.444. The number of amides is 1. The van der Waals surface area contributed by atoms with Crippen molar-refractivity contribution in [3.63, 3.8) is 0 Å². The average molecular weight is 383 g/mol. The van der Waals surface area contributed by atoms with Crippen LogP contribution >= 0.6 is 11.3 Å². The molecule has 1 aliphatic rings. The zero-order valence-corrected chi connectivity index (χ0v) is 14.9. The Bertz CT molecular complexity index is 737. The van der Waals surface area contributed by atoms with E-state index in [4.69, 9.17) is 0 Å². The van der Waals surface area contributed by atoms with Crippen molar-refractivity contribution in [2.45, 2.75) is 31.9 Å². The number of hydrogen-bond acceptors (Lipinski definition) is 4. The summed E-state index contributed by atoms with van der Waals surface area (Å²) in [6, 6.07) is 5.10. The summed E-state index contributed by atoms with van der Waals surface area (Å²) in [7, 11) is 0. The van der Waals surface area contributed by atoms with Crippen LogP contribution in [-0.4, -0.2) is 24.0 Å². The summed E-state index contributed by atoms with van der Waals surface area (Å²) in [5.41, 5.74) is 0.114. The van der Waals surface area contributed by atoms with Crippen molar-refractivity contribution in [3.8, 4) is 0 Å². The van der Waals surface area contributed by atoms with Gasteiger partial charge in [-0.2, -0.15) is 13.2 Å². The lowest BCUT2D eigenvalue weighted by Gasteiger charge is -2.21. The van der Waals surface area contributed by atoms with Crippen LogP contribution in [0.4, 0.5) is 18.3 Å². The van der Waals surface area contributed by atoms with E-state index in [9.17, 15) is 18.0 Å². The van der Waals surface area contributed by atoms with E-state index >= 15 is 0 Å². The van der Waals surface area contributed by atoms with Crippen LogP contribution in [0.15, 0.2) is 30.5 Å². The number of alkyl halides is 3. The highest BCUT2D eigenvalue weighted by atomic mass is 32.1. The Kier molecular flexibility index (Phi) is 5.93. The highest BCUT2D eigenvalue weighted by Gasteiger charge is 2.29. The van der Waals surface area contributed by atoms with E-state index in [2.05, 4.69) is 15.6 Å². The molecule has 3 rings (SSSR count). The lowest BCUT2D eigenvalue weighted by Crippen LogP contribution is -2.32. The third kappa shape index (κ3) is 5.28. The number of carbonyl (C=O) groups is 1. The zero-order valence-electron chi connectivity index (χ0n) is 14.1. The highest BCUT2D eigenvalue weighted by molar-refractivity contribution is 7.15. The minimum atomic E-state index is -4.33. The summed E-state index contributed by atoms with van der Waals surface area (Å²) in [6.07, 6.45) is 0.428. The van der Waals surface area contributed by atoms with E-state index < -0.39 is 11.7 Å². The molecular formula is C18H20F3N3OS. The van der Waals surface area contributed by atoms with Crippen molar-refractivity contribution in [1.29, 1.82) is 0 Å². The maximum absolute atomic E-state index is 12.6. The van der Waals surface area contributed by atoms with Crippen LogP contribution in [0.2, 0.25) is 0 Å². The number of nitrogens with zero attached hydrogens (tertiary/aromatic N) is 1. The summed E-state index contributed by atoms with van der Waals surface area (Å²) >= 11 is 1.35. The predicted molar refractivity (Wildman–Crippen MR) is 95.2 cm³/mol. The topological polar surface area (TPSA) is 54.0 Å². The van der Waals surface area contributed by atoms with Gasteiger partial charge in [0.05, 0.1) is 5.56 Å². The van der Waals surface area contributed by atoms with Crippen LogP contribution in [0.25, 0.3) is 0 Å². The lowest BCUT2D eigenvalue weighted by atomic mass is 9.96. The van der Waals surface area contributed by atoms with Crippen molar-refractivity contribution in [2.75, 3.05) is 18.4 Å². The number of halogens is 3. The van der Waals surface area contributed by atoms with Crippen LogP contribution in [-0.2, 0) is 17.4 Å². The van der Waals surface area contributed by atoms with Gasteiger partial charge in [0.25, 0.3) is 0 Å². The predicted octanol–water partition coefficient (Wildman–Crippen LogP) is 4.08. The lowest BCUT2D eigenvalue weighted by molar-refractivity contribution is -0.137. The molecule has 1 fully saturated rings. The van der Waals surface area contributed by atoms with E-state index in [0.717, 1.165) is 48.5 Å². The van der Waals surface area contributed by atoms with E-state index in [-0.39, 0.29) is 5.91 Å². The van der Waals surface area contributed by atoms with Crippen molar-refractivity contribution in [2.24, 2.45) is 5.92 Å². The van der Waals surface area contributed by atoms with Crippen LogP contribution in [0.1, 0.15) is 35.3 Å². The van der Waals surface area contributed by atoms with Crippen LogP contribution < -0.4 is 10.6 Å². The van der Waals surface area contributed by atoms with E-state index in [0.29, 0.717) is 23.9 Å². The van der Waals surface area contributed by atoms with Gasteiger partial charge in [0, 0.05) is 23.9 Å². The number of thiazole rings is 1. The molecule has 26 heavy (non-hydrogen) atoms. The standard InChI is InChI=1S/C18H20F3N3OS/c19-18(20,21)14-5-3-12(4-6-14)8-15-11-23-17(26-15)24-16(25)9-13-2-1-7-22-10-13/h3-6,11,13,22H,1-2,7-10H2,(H,23,24,25)/t13-/m0/s1. The Labute approximate surface area is 153 Å². The SMILES string of the molecule is O=C(C[C@@H]1CCCNC1)Nc1ncc(Cc2ccc(C(F)(F)F)cc2)s1. The normalized spacial score (nSPS) is 17.9. The smallest absolute Gasteiger partial charge is 0.316 e. The van der Waals surface area contributed by atoms with Gasteiger partial charge in [-0.05, 0) is 49.5 Å². The number of aromatic nitrogens is 1. The summed E-state index contributed by atoms with van der Waals surface area (Å²) < 4.78 is 37.8. The van der Waals surface area contributed by atoms with E-state index in [1.165, 1.54) is 23.5 Å². The number of anilines is 1. The third-order valence-corrected chi connectivity index (χ3v) is 5.25. The Morgan fingerprint density at radius 2 is 2.08 bits per heavy atom. The molecule has 1 aromatic heterocycles. The summed E-state index contributed by atoms with van der Waals surface area (Å²) in [5.74, 6) is 0.310. The molecule has 0 spiro atoms. The number of hydrogen-bond donors (Lipinski definition) is 2.